The van der Waals surface area contributed by atoms with Crippen molar-refractivity contribution in [1.82, 2.24) is 15.0 Å². The molecule has 0 fully saturated rings. The first kappa shape index (κ1) is 13.8. The molecule has 0 aliphatic carbocycles. The number of rotatable bonds is 6. The minimum absolute atomic E-state index is 0.592. The van der Waals surface area contributed by atoms with Crippen LogP contribution in [-0.2, 0) is 6.42 Å². The molecule has 0 radical (unpaired) electrons. The predicted molar refractivity (Wildman–Crippen MR) is 85.0 cm³/mol. The van der Waals surface area contributed by atoms with Gasteiger partial charge in [-0.25, -0.2) is 4.98 Å². The predicted octanol–water partition coefficient (Wildman–Crippen LogP) is 3.14. The van der Waals surface area contributed by atoms with E-state index in [2.05, 4.69) is 20.3 Å². The third-order valence-corrected chi connectivity index (χ3v) is 3.92. The van der Waals surface area contributed by atoms with Crippen LogP contribution in [0.2, 0.25) is 0 Å². The summed E-state index contributed by atoms with van der Waals surface area (Å²) < 4.78 is 5.84. The minimum atomic E-state index is 0.592. The van der Waals surface area contributed by atoms with E-state index in [1.54, 1.807) is 11.3 Å². The molecule has 5 nitrogen and oxygen atoms in total. The maximum absolute atomic E-state index is 5.84. The van der Waals surface area contributed by atoms with Gasteiger partial charge in [-0.3, -0.25) is 4.98 Å². The van der Waals surface area contributed by atoms with Crippen LogP contribution in [0, 0.1) is 0 Å². The van der Waals surface area contributed by atoms with Gasteiger partial charge in [-0.05, 0) is 42.0 Å². The number of pyridine rings is 1. The van der Waals surface area contributed by atoms with Crippen molar-refractivity contribution in [2.75, 3.05) is 19.0 Å². The van der Waals surface area contributed by atoms with Crippen LogP contribution >= 0.6 is 11.3 Å². The maximum atomic E-state index is 5.84. The second kappa shape index (κ2) is 6.49. The average Bonchev–Trinajstić information content (AvgIpc) is 3.00. The Balaban J connectivity index is 1.63. The van der Waals surface area contributed by atoms with Crippen LogP contribution in [0.25, 0.3) is 10.2 Å². The zero-order valence-corrected chi connectivity index (χ0v) is 12.6. The number of fused-ring (bicyclic) bond motifs is 1. The molecule has 3 aromatic rings. The van der Waals surface area contributed by atoms with Gasteiger partial charge in [-0.15, -0.1) is 11.3 Å². The number of hydrogen-bond donors (Lipinski definition) is 1. The Morgan fingerprint density at radius 1 is 1.19 bits per heavy atom. The summed E-state index contributed by atoms with van der Waals surface area (Å²) in [6.45, 7) is 0.632. The molecule has 0 atom stereocenters. The fraction of sp³-hybridized carbons (Fsp3) is 0.267. The van der Waals surface area contributed by atoms with Crippen molar-refractivity contribution in [2.45, 2.75) is 12.8 Å². The molecule has 0 saturated heterocycles. The number of thiophene rings is 1. The first-order chi connectivity index (χ1) is 10.4. The molecule has 21 heavy (non-hydrogen) atoms. The number of ether oxygens (including phenoxy) is 1. The van der Waals surface area contributed by atoms with Crippen LogP contribution < -0.4 is 10.1 Å². The summed E-state index contributed by atoms with van der Waals surface area (Å²) in [5.74, 6) is 1.24. The summed E-state index contributed by atoms with van der Waals surface area (Å²) in [4.78, 5) is 13.7. The van der Waals surface area contributed by atoms with Gasteiger partial charge in [-0.2, -0.15) is 4.98 Å². The summed E-state index contributed by atoms with van der Waals surface area (Å²) in [6, 6.07) is 6.05. The number of aryl methyl sites for hydroxylation is 1. The Bertz CT molecular complexity index is 714. The molecule has 0 unspecified atom stereocenters. The normalized spacial score (nSPS) is 10.7. The van der Waals surface area contributed by atoms with Gasteiger partial charge < -0.3 is 10.1 Å². The standard InChI is InChI=1S/C15H16N4OS/c1-16-15-18-13(12-6-10-21-14(12)19-15)20-9-2-3-11-4-7-17-8-5-11/h4-8,10H,2-3,9H2,1H3,(H,16,18,19). The minimum Gasteiger partial charge on any atom is -0.477 e. The van der Waals surface area contributed by atoms with Crippen molar-refractivity contribution in [2.24, 2.45) is 0 Å². The fourth-order valence-corrected chi connectivity index (χ4v) is 2.80. The second-order valence-corrected chi connectivity index (χ2v) is 5.44. The van der Waals surface area contributed by atoms with E-state index in [-0.39, 0.29) is 0 Å². The smallest absolute Gasteiger partial charge is 0.227 e. The van der Waals surface area contributed by atoms with Gasteiger partial charge >= 0.3 is 0 Å². The summed E-state index contributed by atoms with van der Waals surface area (Å²) in [5.41, 5.74) is 1.27. The molecule has 0 spiro atoms. The van der Waals surface area contributed by atoms with Crippen LogP contribution in [0.1, 0.15) is 12.0 Å². The van der Waals surface area contributed by atoms with E-state index in [9.17, 15) is 0 Å². The van der Waals surface area contributed by atoms with Crippen LogP contribution in [0.5, 0.6) is 5.88 Å². The van der Waals surface area contributed by atoms with E-state index < -0.39 is 0 Å². The van der Waals surface area contributed by atoms with E-state index >= 15 is 0 Å². The highest BCUT2D eigenvalue weighted by Crippen LogP contribution is 2.28. The van der Waals surface area contributed by atoms with Gasteiger partial charge in [-0.1, -0.05) is 0 Å². The topological polar surface area (TPSA) is 59.9 Å². The molecule has 6 heteroatoms. The first-order valence-electron chi connectivity index (χ1n) is 6.81. The SMILES string of the molecule is CNc1nc(OCCCc2ccncc2)c2ccsc2n1. The Morgan fingerprint density at radius 2 is 2.05 bits per heavy atom. The van der Waals surface area contributed by atoms with Gasteiger partial charge in [0.25, 0.3) is 0 Å². The first-order valence-corrected chi connectivity index (χ1v) is 7.69. The maximum Gasteiger partial charge on any atom is 0.227 e. The molecule has 0 aliphatic heterocycles. The second-order valence-electron chi connectivity index (χ2n) is 4.55. The van der Waals surface area contributed by atoms with Crippen molar-refractivity contribution in [3.8, 4) is 5.88 Å². The van der Waals surface area contributed by atoms with Crippen molar-refractivity contribution in [3.63, 3.8) is 0 Å². The number of aromatic nitrogens is 3. The van der Waals surface area contributed by atoms with E-state index in [1.807, 2.05) is 43.0 Å². The lowest BCUT2D eigenvalue weighted by Gasteiger charge is -2.08. The molecule has 0 aromatic carbocycles. The fourth-order valence-electron chi connectivity index (χ4n) is 2.04. The highest BCUT2D eigenvalue weighted by molar-refractivity contribution is 7.16. The van der Waals surface area contributed by atoms with Crippen LogP contribution in [0.15, 0.2) is 36.0 Å². The summed E-state index contributed by atoms with van der Waals surface area (Å²) in [5, 5.41) is 5.94. The van der Waals surface area contributed by atoms with Crippen molar-refractivity contribution in [3.05, 3.63) is 41.5 Å². The molecule has 0 saturated carbocycles. The monoisotopic (exact) mass is 300 g/mol. The lowest BCUT2D eigenvalue weighted by Crippen LogP contribution is -2.04. The van der Waals surface area contributed by atoms with Crippen molar-refractivity contribution < 1.29 is 4.74 Å². The lowest BCUT2D eigenvalue weighted by atomic mass is 10.1. The van der Waals surface area contributed by atoms with E-state index in [4.69, 9.17) is 4.74 Å². The zero-order chi connectivity index (χ0) is 14.5. The number of nitrogens with one attached hydrogen (secondary N) is 1. The van der Waals surface area contributed by atoms with Crippen LogP contribution in [-0.4, -0.2) is 28.6 Å². The third kappa shape index (κ3) is 3.28. The van der Waals surface area contributed by atoms with E-state index in [0.717, 1.165) is 23.1 Å². The molecule has 108 valence electrons. The van der Waals surface area contributed by atoms with Gasteiger partial charge in [0, 0.05) is 19.4 Å². The molecule has 0 aliphatic rings. The Hall–Kier alpha value is -2.21. The Morgan fingerprint density at radius 3 is 2.86 bits per heavy atom. The van der Waals surface area contributed by atoms with Crippen LogP contribution in [0.4, 0.5) is 5.95 Å². The number of nitrogens with zero attached hydrogens (tertiary/aromatic N) is 3. The zero-order valence-electron chi connectivity index (χ0n) is 11.7. The number of anilines is 1. The summed E-state index contributed by atoms with van der Waals surface area (Å²) >= 11 is 1.59. The third-order valence-electron chi connectivity index (χ3n) is 3.11. The summed E-state index contributed by atoms with van der Waals surface area (Å²) in [6.07, 6.45) is 5.54. The van der Waals surface area contributed by atoms with Crippen LogP contribution in [0.3, 0.4) is 0 Å². The Kier molecular flexibility index (Phi) is 4.25. The van der Waals surface area contributed by atoms with E-state index in [0.29, 0.717) is 18.4 Å². The molecule has 0 amide bonds. The molecule has 3 rings (SSSR count). The average molecular weight is 300 g/mol. The van der Waals surface area contributed by atoms with Gasteiger partial charge in [0.1, 0.15) is 4.83 Å². The molecular weight excluding hydrogens is 284 g/mol. The van der Waals surface area contributed by atoms with Gasteiger partial charge in [0.05, 0.1) is 12.0 Å². The summed E-state index contributed by atoms with van der Waals surface area (Å²) in [7, 11) is 1.81. The van der Waals surface area contributed by atoms with E-state index in [1.165, 1.54) is 5.56 Å². The lowest BCUT2D eigenvalue weighted by molar-refractivity contribution is 0.303. The quantitative estimate of drug-likeness (QED) is 0.709. The highest BCUT2D eigenvalue weighted by atomic mass is 32.1. The number of hydrogen-bond acceptors (Lipinski definition) is 6. The molecule has 3 heterocycles. The molecule has 1 N–H and O–H groups in total. The van der Waals surface area contributed by atoms with Crippen molar-refractivity contribution in [1.29, 1.82) is 0 Å². The largest absolute Gasteiger partial charge is 0.477 e. The van der Waals surface area contributed by atoms with Gasteiger partial charge in [0.15, 0.2) is 0 Å². The molecular formula is C15H16N4OS. The molecule has 3 aromatic heterocycles. The van der Waals surface area contributed by atoms with Gasteiger partial charge in [0.2, 0.25) is 11.8 Å². The Labute approximate surface area is 127 Å². The molecule has 0 bridgehead atoms. The highest BCUT2D eigenvalue weighted by Gasteiger charge is 2.09. The van der Waals surface area contributed by atoms with Crippen molar-refractivity contribution >= 4 is 27.5 Å².